The van der Waals surface area contributed by atoms with Crippen molar-refractivity contribution < 1.29 is 8.42 Å². The number of pyridine rings is 1. The molecule has 1 aromatic rings. The van der Waals surface area contributed by atoms with Gasteiger partial charge in [0.15, 0.2) is 9.84 Å². The molecule has 1 heterocycles. The van der Waals surface area contributed by atoms with Crippen LogP contribution in [0.25, 0.3) is 0 Å². The largest absolute Gasteiger partial charge is 0.328 e. The number of rotatable bonds is 1. The minimum absolute atomic E-state index is 0.194. The van der Waals surface area contributed by atoms with E-state index in [1.165, 1.54) is 18.3 Å². The SMILES string of the molecule is CS(=O)(=O)c1ccc[nH]c1=O. The fraction of sp³-hybridized carbons (Fsp3) is 0.167. The van der Waals surface area contributed by atoms with Crippen LogP contribution in [0.3, 0.4) is 0 Å². The monoisotopic (exact) mass is 173 g/mol. The fourth-order valence-corrected chi connectivity index (χ4v) is 1.42. The van der Waals surface area contributed by atoms with E-state index in [0.717, 1.165) is 6.26 Å². The van der Waals surface area contributed by atoms with Crippen LogP contribution in [0, 0.1) is 0 Å². The molecule has 60 valence electrons. The van der Waals surface area contributed by atoms with Crippen LogP contribution in [0.4, 0.5) is 0 Å². The van der Waals surface area contributed by atoms with Crippen molar-refractivity contribution in [1.82, 2.24) is 4.98 Å². The number of hydrogen-bond acceptors (Lipinski definition) is 3. The van der Waals surface area contributed by atoms with E-state index in [-0.39, 0.29) is 4.90 Å². The molecule has 0 aliphatic rings. The second kappa shape index (κ2) is 2.50. The minimum Gasteiger partial charge on any atom is -0.328 e. The molecule has 1 aromatic heterocycles. The van der Waals surface area contributed by atoms with Crippen molar-refractivity contribution in [3.63, 3.8) is 0 Å². The van der Waals surface area contributed by atoms with E-state index in [1.54, 1.807) is 0 Å². The zero-order chi connectivity index (χ0) is 8.48. The molecule has 0 fully saturated rings. The first-order valence-electron chi connectivity index (χ1n) is 2.89. The van der Waals surface area contributed by atoms with E-state index in [4.69, 9.17) is 0 Å². The summed E-state index contributed by atoms with van der Waals surface area (Å²) in [7, 11) is -3.38. The third-order valence-electron chi connectivity index (χ3n) is 1.18. The van der Waals surface area contributed by atoms with Crippen LogP contribution in [-0.2, 0) is 9.84 Å². The Kier molecular flexibility index (Phi) is 1.82. The Hall–Kier alpha value is -1.10. The van der Waals surface area contributed by atoms with Gasteiger partial charge < -0.3 is 4.98 Å². The molecule has 0 aliphatic heterocycles. The van der Waals surface area contributed by atoms with Gasteiger partial charge in [-0.1, -0.05) is 0 Å². The van der Waals surface area contributed by atoms with Crippen molar-refractivity contribution in [3.8, 4) is 0 Å². The maximum absolute atomic E-state index is 10.8. The molecule has 1 N–H and O–H groups in total. The van der Waals surface area contributed by atoms with Gasteiger partial charge in [0, 0.05) is 12.5 Å². The molecule has 0 radical (unpaired) electrons. The summed E-state index contributed by atoms with van der Waals surface area (Å²) in [6.45, 7) is 0. The van der Waals surface area contributed by atoms with Crippen molar-refractivity contribution in [2.24, 2.45) is 0 Å². The molecule has 0 amide bonds. The van der Waals surface area contributed by atoms with Crippen LogP contribution in [0.15, 0.2) is 28.0 Å². The molecule has 0 atom stereocenters. The lowest BCUT2D eigenvalue weighted by Crippen LogP contribution is -2.15. The summed E-state index contributed by atoms with van der Waals surface area (Å²) >= 11 is 0. The normalized spacial score (nSPS) is 11.4. The summed E-state index contributed by atoms with van der Waals surface area (Å²) in [5.74, 6) is 0. The van der Waals surface area contributed by atoms with Crippen LogP contribution in [-0.4, -0.2) is 19.7 Å². The average Bonchev–Trinajstić information content (AvgIpc) is 1.86. The van der Waals surface area contributed by atoms with Gasteiger partial charge in [0.1, 0.15) is 4.90 Å². The molecule has 4 nitrogen and oxygen atoms in total. The standard InChI is InChI=1S/C6H7NO3S/c1-11(9,10)5-3-2-4-7-6(5)8/h2-4H,1H3,(H,7,8). The Morgan fingerprint density at radius 1 is 1.45 bits per heavy atom. The summed E-state index contributed by atoms with van der Waals surface area (Å²) in [5.41, 5.74) is -0.574. The Labute approximate surface area is 63.8 Å². The maximum Gasteiger partial charge on any atom is 0.266 e. The van der Waals surface area contributed by atoms with Gasteiger partial charge in [0.05, 0.1) is 0 Å². The lowest BCUT2D eigenvalue weighted by Gasteiger charge is -1.92. The van der Waals surface area contributed by atoms with Crippen molar-refractivity contribution >= 4 is 9.84 Å². The lowest BCUT2D eigenvalue weighted by atomic mass is 10.5. The molecule has 1 rings (SSSR count). The van der Waals surface area contributed by atoms with E-state index in [2.05, 4.69) is 4.98 Å². The molecule has 0 spiro atoms. The van der Waals surface area contributed by atoms with Gasteiger partial charge in [-0.2, -0.15) is 0 Å². The molecule has 0 bridgehead atoms. The van der Waals surface area contributed by atoms with E-state index in [9.17, 15) is 13.2 Å². The van der Waals surface area contributed by atoms with Gasteiger partial charge in [0.2, 0.25) is 0 Å². The maximum atomic E-state index is 10.8. The zero-order valence-corrected chi connectivity index (χ0v) is 6.68. The van der Waals surface area contributed by atoms with Crippen molar-refractivity contribution in [2.75, 3.05) is 6.26 Å². The molecular formula is C6H7NO3S. The highest BCUT2D eigenvalue weighted by molar-refractivity contribution is 7.90. The van der Waals surface area contributed by atoms with Gasteiger partial charge in [-0.25, -0.2) is 8.42 Å². The van der Waals surface area contributed by atoms with Crippen LogP contribution >= 0.6 is 0 Å². The van der Waals surface area contributed by atoms with E-state index >= 15 is 0 Å². The van der Waals surface area contributed by atoms with Crippen LogP contribution < -0.4 is 5.56 Å². The highest BCUT2D eigenvalue weighted by atomic mass is 32.2. The van der Waals surface area contributed by atoms with Crippen molar-refractivity contribution in [1.29, 1.82) is 0 Å². The van der Waals surface area contributed by atoms with E-state index in [0.29, 0.717) is 0 Å². The number of nitrogens with one attached hydrogen (secondary N) is 1. The van der Waals surface area contributed by atoms with Gasteiger partial charge in [-0.3, -0.25) is 4.79 Å². The van der Waals surface area contributed by atoms with Gasteiger partial charge in [0.25, 0.3) is 5.56 Å². The fourth-order valence-electron chi connectivity index (χ4n) is 0.698. The predicted octanol–water partition coefficient (Wildman–Crippen LogP) is -0.222. The first-order chi connectivity index (χ1) is 5.02. The first kappa shape index (κ1) is 8.00. The summed E-state index contributed by atoms with van der Waals surface area (Å²) < 4.78 is 21.7. The Bertz CT molecular complexity index is 404. The highest BCUT2D eigenvalue weighted by Gasteiger charge is 2.09. The second-order valence-corrected chi connectivity index (χ2v) is 4.12. The van der Waals surface area contributed by atoms with E-state index < -0.39 is 15.4 Å². The predicted molar refractivity (Wildman–Crippen MR) is 40.2 cm³/mol. The number of hydrogen-bond donors (Lipinski definition) is 1. The topological polar surface area (TPSA) is 67.0 Å². The van der Waals surface area contributed by atoms with E-state index in [1.807, 2.05) is 0 Å². The second-order valence-electron chi connectivity index (χ2n) is 2.14. The summed E-state index contributed by atoms with van der Waals surface area (Å²) in [4.78, 5) is 12.9. The third-order valence-corrected chi connectivity index (χ3v) is 2.30. The molecular weight excluding hydrogens is 166 g/mol. The average molecular weight is 173 g/mol. The summed E-state index contributed by atoms with van der Waals surface area (Å²) in [6.07, 6.45) is 2.38. The number of H-pyrrole nitrogens is 1. The number of aromatic nitrogens is 1. The summed E-state index contributed by atoms with van der Waals surface area (Å²) in [5, 5.41) is 0. The molecule has 0 saturated heterocycles. The molecule has 0 unspecified atom stereocenters. The molecule has 11 heavy (non-hydrogen) atoms. The number of aromatic amines is 1. The third kappa shape index (κ3) is 1.68. The van der Waals surface area contributed by atoms with Crippen LogP contribution in [0.2, 0.25) is 0 Å². The molecule has 5 heteroatoms. The lowest BCUT2D eigenvalue weighted by molar-refractivity contribution is 0.600. The zero-order valence-electron chi connectivity index (χ0n) is 5.87. The Morgan fingerprint density at radius 2 is 2.09 bits per heavy atom. The quantitative estimate of drug-likeness (QED) is 0.638. The molecule has 0 aromatic carbocycles. The van der Waals surface area contributed by atoms with Gasteiger partial charge in [-0.15, -0.1) is 0 Å². The highest BCUT2D eigenvalue weighted by Crippen LogP contribution is 1.98. The van der Waals surface area contributed by atoms with Crippen molar-refractivity contribution in [2.45, 2.75) is 4.90 Å². The molecule has 0 saturated carbocycles. The number of sulfone groups is 1. The van der Waals surface area contributed by atoms with Crippen LogP contribution in [0.1, 0.15) is 0 Å². The van der Waals surface area contributed by atoms with Gasteiger partial charge in [-0.05, 0) is 12.1 Å². The van der Waals surface area contributed by atoms with Crippen molar-refractivity contribution in [3.05, 3.63) is 28.7 Å². The van der Waals surface area contributed by atoms with Crippen LogP contribution in [0.5, 0.6) is 0 Å². The van der Waals surface area contributed by atoms with Gasteiger partial charge >= 0.3 is 0 Å². The molecule has 0 aliphatic carbocycles. The smallest absolute Gasteiger partial charge is 0.266 e. The summed E-state index contributed by atoms with van der Waals surface area (Å²) in [6, 6.07) is 2.74. The minimum atomic E-state index is -3.38. The Morgan fingerprint density at radius 3 is 2.45 bits per heavy atom. The Balaban J connectivity index is 3.50. The first-order valence-corrected chi connectivity index (χ1v) is 4.79.